The summed E-state index contributed by atoms with van der Waals surface area (Å²) in [6.45, 7) is 4.04. The Bertz CT molecular complexity index is 1450. The molecule has 2 atom stereocenters. The Morgan fingerprint density at radius 1 is 1.14 bits per heavy atom. The molecule has 1 saturated heterocycles. The molecule has 3 aromatic rings. The second-order valence-electron chi connectivity index (χ2n) is 10.9. The van der Waals surface area contributed by atoms with E-state index in [-0.39, 0.29) is 38.0 Å². The zero-order valence-corrected chi connectivity index (χ0v) is 24.5. The first-order valence-electron chi connectivity index (χ1n) is 14.5. The second-order valence-corrected chi connectivity index (χ2v) is 10.9. The van der Waals surface area contributed by atoms with E-state index in [9.17, 15) is 19.1 Å². The molecule has 0 aliphatic carbocycles. The Labute approximate surface area is 249 Å². The first kappa shape index (κ1) is 30.3. The summed E-state index contributed by atoms with van der Waals surface area (Å²) in [7, 11) is 1.53. The van der Waals surface area contributed by atoms with Gasteiger partial charge in [0.1, 0.15) is 17.7 Å². The van der Waals surface area contributed by atoms with Crippen LogP contribution in [0.15, 0.2) is 42.6 Å². The third kappa shape index (κ3) is 8.02. The van der Waals surface area contributed by atoms with Gasteiger partial charge in [0.15, 0.2) is 18.1 Å². The standard InChI is InChI=1S/C31H38FN5O6/c1-20-23(17-37(35-20)9-10-38)16-36-8-7-27-26(18-36)34-31(40)19-42-29-13-21(3-5-28(29)41-2)4-6-30(39)33-15-22-11-24(32)14-25(12-22)43-27/h3,5,11-14,17,26-27,38H,4,6-10,15-16,18-19H2,1-2H3,(H,33,39)(H,34,40)/t26-,27-/m1/s1. The van der Waals surface area contributed by atoms with Crippen LogP contribution in [-0.2, 0) is 35.6 Å². The molecular weight excluding hydrogens is 557 g/mol. The molecule has 0 unspecified atom stereocenters. The fraction of sp³-hybridized carbons (Fsp3) is 0.452. The topological polar surface area (TPSA) is 127 Å². The van der Waals surface area contributed by atoms with Crippen molar-refractivity contribution in [1.82, 2.24) is 25.3 Å². The van der Waals surface area contributed by atoms with Crippen LogP contribution < -0.4 is 24.8 Å². The summed E-state index contributed by atoms with van der Waals surface area (Å²) in [6, 6.07) is 9.36. The summed E-state index contributed by atoms with van der Waals surface area (Å²) in [5.41, 5.74) is 3.35. The van der Waals surface area contributed by atoms with Crippen LogP contribution in [0.25, 0.3) is 0 Å². The molecule has 43 heavy (non-hydrogen) atoms. The minimum absolute atomic E-state index is 0.00377. The molecule has 3 N–H and O–H groups in total. The van der Waals surface area contributed by atoms with Crippen molar-refractivity contribution in [3.8, 4) is 17.2 Å². The van der Waals surface area contributed by atoms with Gasteiger partial charge in [-0.05, 0) is 55.2 Å². The van der Waals surface area contributed by atoms with Gasteiger partial charge in [0.25, 0.3) is 5.91 Å². The fourth-order valence-electron chi connectivity index (χ4n) is 5.49. The lowest BCUT2D eigenvalue weighted by molar-refractivity contribution is -0.125. The maximum Gasteiger partial charge on any atom is 0.258 e. The largest absolute Gasteiger partial charge is 0.493 e. The van der Waals surface area contributed by atoms with Crippen molar-refractivity contribution < 1.29 is 33.3 Å². The quantitative estimate of drug-likeness (QED) is 0.410. The molecule has 0 saturated carbocycles. The number of rotatable bonds is 5. The molecule has 0 spiro atoms. The molecular formula is C31H38FN5O6. The highest BCUT2D eigenvalue weighted by Gasteiger charge is 2.33. The van der Waals surface area contributed by atoms with Crippen LogP contribution >= 0.6 is 0 Å². The van der Waals surface area contributed by atoms with Crippen molar-refractivity contribution in [3.05, 3.63) is 70.8 Å². The molecule has 5 rings (SSSR count). The summed E-state index contributed by atoms with van der Waals surface area (Å²) in [5, 5.41) is 19.7. The van der Waals surface area contributed by atoms with Crippen LogP contribution in [0.5, 0.6) is 17.2 Å². The Kier molecular flexibility index (Phi) is 9.78. The summed E-state index contributed by atoms with van der Waals surface area (Å²) in [6.07, 6.45) is 2.76. The number of aromatic nitrogens is 2. The van der Waals surface area contributed by atoms with Crippen LogP contribution in [0, 0.1) is 12.7 Å². The predicted octanol–water partition coefficient (Wildman–Crippen LogP) is 2.11. The number of aliphatic hydroxyl groups excluding tert-OH is 1. The van der Waals surface area contributed by atoms with E-state index >= 15 is 0 Å². The SMILES string of the molecule is COc1ccc2cc1OCC(=O)N[C@@H]1CN(Cc3cn(CCO)nc3C)CC[C@H]1Oc1cc(F)cc(c1)CNC(=O)CC2. The van der Waals surface area contributed by atoms with Crippen LogP contribution in [0.3, 0.4) is 0 Å². The Morgan fingerprint density at radius 3 is 2.81 bits per heavy atom. The summed E-state index contributed by atoms with van der Waals surface area (Å²) in [5.74, 6) is 0.257. The van der Waals surface area contributed by atoms with Gasteiger partial charge in [-0.25, -0.2) is 4.39 Å². The van der Waals surface area contributed by atoms with Crippen LogP contribution in [0.1, 0.15) is 35.2 Å². The van der Waals surface area contributed by atoms with E-state index in [2.05, 4.69) is 20.6 Å². The van der Waals surface area contributed by atoms with Gasteiger partial charge in [-0.3, -0.25) is 19.2 Å². The molecule has 0 radical (unpaired) electrons. The van der Waals surface area contributed by atoms with Crippen molar-refractivity contribution in [3.63, 3.8) is 0 Å². The monoisotopic (exact) mass is 595 g/mol. The molecule has 1 aromatic heterocycles. The number of hydrogen-bond acceptors (Lipinski definition) is 8. The predicted molar refractivity (Wildman–Crippen MR) is 155 cm³/mol. The van der Waals surface area contributed by atoms with Crippen molar-refractivity contribution >= 4 is 11.8 Å². The number of carbonyl (C=O) groups is 2. The highest BCUT2D eigenvalue weighted by molar-refractivity contribution is 5.78. The highest BCUT2D eigenvalue weighted by Crippen LogP contribution is 2.29. The Balaban J connectivity index is 1.38. The summed E-state index contributed by atoms with van der Waals surface area (Å²) >= 11 is 0. The molecule has 2 aromatic carbocycles. The van der Waals surface area contributed by atoms with E-state index in [1.54, 1.807) is 22.9 Å². The van der Waals surface area contributed by atoms with Gasteiger partial charge in [-0.1, -0.05) is 6.07 Å². The second kappa shape index (κ2) is 13.9. The molecule has 230 valence electrons. The first-order chi connectivity index (χ1) is 20.8. The summed E-state index contributed by atoms with van der Waals surface area (Å²) < 4.78 is 33.9. The van der Waals surface area contributed by atoms with Crippen molar-refractivity contribution in [2.75, 3.05) is 33.4 Å². The number of aryl methyl sites for hydroxylation is 2. The summed E-state index contributed by atoms with van der Waals surface area (Å²) in [4.78, 5) is 28.0. The highest BCUT2D eigenvalue weighted by atomic mass is 19.1. The molecule has 1 fully saturated rings. The van der Waals surface area contributed by atoms with Gasteiger partial charge in [-0.15, -0.1) is 0 Å². The minimum Gasteiger partial charge on any atom is -0.493 e. The first-order valence-corrected chi connectivity index (χ1v) is 14.5. The Hall–Kier alpha value is -4.16. The van der Waals surface area contributed by atoms with Crippen molar-refractivity contribution in [2.24, 2.45) is 0 Å². The number of benzene rings is 2. The van der Waals surface area contributed by atoms with Gasteiger partial charge >= 0.3 is 0 Å². The third-order valence-electron chi connectivity index (χ3n) is 7.69. The van der Waals surface area contributed by atoms with Crippen molar-refractivity contribution in [2.45, 2.75) is 58.0 Å². The number of piperidine rings is 1. The average Bonchev–Trinajstić information content (AvgIpc) is 3.32. The number of hydrogen-bond donors (Lipinski definition) is 3. The number of nitrogens with zero attached hydrogens (tertiary/aromatic N) is 3. The van der Waals surface area contributed by atoms with E-state index in [1.165, 1.54) is 19.2 Å². The number of halogens is 1. The van der Waals surface area contributed by atoms with Gasteiger partial charge in [0.2, 0.25) is 5.91 Å². The lowest BCUT2D eigenvalue weighted by Gasteiger charge is -2.38. The number of amides is 2. The van der Waals surface area contributed by atoms with Crippen LogP contribution in [0.4, 0.5) is 4.39 Å². The van der Waals surface area contributed by atoms with E-state index in [1.807, 2.05) is 19.2 Å². The average molecular weight is 596 g/mol. The van der Waals surface area contributed by atoms with Gasteiger partial charge in [-0.2, -0.15) is 5.10 Å². The fourth-order valence-corrected chi connectivity index (χ4v) is 5.49. The smallest absolute Gasteiger partial charge is 0.258 e. The van der Waals surface area contributed by atoms with Crippen LogP contribution in [0.2, 0.25) is 0 Å². The maximum absolute atomic E-state index is 14.6. The van der Waals surface area contributed by atoms with Gasteiger partial charge in [0, 0.05) is 50.4 Å². The molecule has 12 heteroatoms. The maximum atomic E-state index is 14.6. The minimum atomic E-state index is -0.469. The number of carbonyl (C=O) groups excluding carboxylic acids is 2. The lowest BCUT2D eigenvalue weighted by atomic mass is 10.0. The lowest BCUT2D eigenvalue weighted by Crippen LogP contribution is -2.57. The number of fused-ring (bicyclic) bond motifs is 5. The number of nitrogens with one attached hydrogen (secondary N) is 2. The van der Waals surface area contributed by atoms with E-state index in [0.29, 0.717) is 61.8 Å². The molecule has 2 amide bonds. The third-order valence-corrected chi connectivity index (χ3v) is 7.69. The zero-order valence-electron chi connectivity index (χ0n) is 24.5. The Morgan fingerprint density at radius 2 is 2.00 bits per heavy atom. The van der Waals surface area contributed by atoms with Gasteiger partial charge < -0.3 is 30.0 Å². The van der Waals surface area contributed by atoms with E-state index < -0.39 is 18.0 Å². The molecule has 2 aliphatic heterocycles. The van der Waals surface area contributed by atoms with E-state index in [4.69, 9.17) is 14.2 Å². The zero-order chi connectivity index (χ0) is 30.3. The molecule has 3 heterocycles. The molecule has 4 bridgehead atoms. The van der Waals surface area contributed by atoms with Crippen molar-refractivity contribution in [1.29, 1.82) is 0 Å². The molecule has 11 nitrogen and oxygen atoms in total. The molecule has 2 aliphatic rings. The normalized spacial score (nSPS) is 20.0. The number of aliphatic hydroxyl groups is 1. The number of ether oxygens (including phenoxy) is 3. The number of methoxy groups -OCH3 is 1. The van der Waals surface area contributed by atoms with Gasteiger partial charge in [0.05, 0.1) is 32.0 Å². The number of likely N-dealkylation sites (tertiary alicyclic amines) is 1. The van der Waals surface area contributed by atoms with E-state index in [0.717, 1.165) is 16.8 Å². The van der Waals surface area contributed by atoms with Crippen LogP contribution in [-0.4, -0.2) is 77.2 Å².